The van der Waals surface area contributed by atoms with Crippen molar-refractivity contribution in [2.24, 2.45) is 5.92 Å². The first-order valence-corrected chi connectivity index (χ1v) is 20.4. The lowest BCUT2D eigenvalue weighted by molar-refractivity contribution is -0.167. The first-order valence-electron chi connectivity index (χ1n) is 20.4. The van der Waals surface area contributed by atoms with Crippen LogP contribution >= 0.6 is 0 Å². The number of carbonyl (C=O) groups is 3. The fourth-order valence-corrected chi connectivity index (χ4v) is 5.92. The van der Waals surface area contributed by atoms with Crippen molar-refractivity contribution in [3.05, 3.63) is 0 Å². The quantitative estimate of drug-likeness (QED) is 0.0376. The molecule has 0 saturated heterocycles. The molecule has 6 nitrogen and oxygen atoms in total. The van der Waals surface area contributed by atoms with Gasteiger partial charge in [-0.15, -0.1) is 0 Å². The molecule has 47 heavy (non-hydrogen) atoms. The van der Waals surface area contributed by atoms with Crippen LogP contribution in [0.3, 0.4) is 0 Å². The predicted octanol–water partition coefficient (Wildman–Crippen LogP) is 12.4. The molecule has 0 N–H and O–H groups in total. The molecule has 0 unspecified atom stereocenters. The summed E-state index contributed by atoms with van der Waals surface area (Å²) in [5.41, 5.74) is 0. The summed E-state index contributed by atoms with van der Waals surface area (Å²) in [6.45, 7) is 8.87. The van der Waals surface area contributed by atoms with Gasteiger partial charge in [-0.3, -0.25) is 14.4 Å². The molecular weight excluding hydrogens is 588 g/mol. The number of rotatable bonds is 36. The van der Waals surface area contributed by atoms with E-state index in [2.05, 4.69) is 27.7 Å². The van der Waals surface area contributed by atoms with Crippen LogP contribution in [0.1, 0.15) is 220 Å². The maximum absolute atomic E-state index is 12.6. The Morgan fingerprint density at radius 1 is 0.404 bits per heavy atom. The van der Waals surface area contributed by atoms with E-state index in [1.165, 1.54) is 116 Å². The Labute approximate surface area is 291 Å². The average Bonchev–Trinajstić information content (AvgIpc) is 3.05. The Bertz CT molecular complexity index is 706. The first kappa shape index (κ1) is 45.4. The molecule has 0 aliphatic heterocycles. The van der Waals surface area contributed by atoms with Crippen molar-refractivity contribution in [1.82, 2.24) is 0 Å². The minimum absolute atomic E-state index is 0.0657. The fraction of sp³-hybridized carbons (Fsp3) is 0.927. The molecule has 0 radical (unpaired) electrons. The van der Waals surface area contributed by atoms with Gasteiger partial charge in [-0.05, 0) is 25.2 Å². The first-order chi connectivity index (χ1) is 22.9. The molecule has 1 atom stereocenters. The third-order valence-electron chi connectivity index (χ3n) is 9.04. The lowest BCUT2D eigenvalue weighted by Gasteiger charge is -2.18. The van der Waals surface area contributed by atoms with E-state index in [4.69, 9.17) is 14.2 Å². The van der Waals surface area contributed by atoms with Crippen LogP contribution in [0.2, 0.25) is 0 Å². The molecule has 0 fully saturated rings. The molecule has 0 spiro atoms. The smallest absolute Gasteiger partial charge is 0.306 e. The van der Waals surface area contributed by atoms with Gasteiger partial charge in [0.15, 0.2) is 6.10 Å². The van der Waals surface area contributed by atoms with Gasteiger partial charge < -0.3 is 14.2 Å². The molecular formula is C41H78O6. The zero-order valence-corrected chi connectivity index (χ0v) is 31.7. The second kappa shape index (κ2) is 35.7. The third kappa shape index (κ3) is 35.5. The highest BCUT2D eigenvalue weighted by atomic mass is 16.6. The summed E-state index contributed by atoms with van der Waals surface area (Å²) in [6.07, 6.45) is 32.4. The van der Waals surface area contributed by atoms with Gasteiger partial charge in [-0.25, -0.2) is 0 Å². The lowest BCUT2D eigenvalue weighted by Crippen LogP contribution is -2.30. The van der Waals surface area contributed by atoms with Crippen LogP contribution in [0, 0.1) is 5.92 Å². The molecule has 0 aromatic carbocycles. The largest absolute Gasteiger partial charge is 0.462 e. The monoisotopic (exact) mass is 667 g/mol. The van der Waals surface area contributed by atoms with E-state index in [9.17, 15) is 14.4 Å². The van der Waals surface area contributed by atoms with Crippen LogP contribution in [0.4, 0.5) is 0 Å². The highest BCUT2D eigenvalue weighted by molar-refractivity contribution is 5.71. The molecule has 0 aromatic rings. The Morgan fingerprint density at radius 3 is 1.04 bits per heavy atom. The number of hydrogen-bond donors (Lipinski definition) is 0. The molecule has 0 saturated carbocycles. The number of esters is 3. The van der Waals surface area contributed by atoms with Crippen molar-refractivity contribution in [1.29, 1.82) is 0 Å². The number of carbonyl (C=O) groups excluding carboxylic acids is 3. The normalized spacial score (nSPS) is 11.9. The summed E-state index contributed by atoms with van der Waals surface area (Å²) in [7, 11) is 0. The van der Waals surface area contributed by atoms with E-state index in [1.807, 2.05) is 0 Å². The van der Waals surface area contributed by atoms with Gasteiger partial charge in [0.2, 0.25) is 0 Å². The van der Waals surface area contributed by atoms with Crippen molar-refractivity contribution >= 4 is 17.9 Å². The van der Waals surface area contributed by atoms with E-state index in [0.717, 1.165) is 63.7 Å². The molecule has 0 aliphatic rings. The van der Waals surface area contributed by atoms with Gasteiger partial charge in [-0.2, -0.15) is 0 Å². The molecule has 0 aromatic heterocycles. The molecule has 0 aliphatic carbocycles. The molecule has 0 rings (SSSR count). The second-order valence-corrected chi connectivity index (χ2v) is 14.4. The number of unbranched alkanes of at least 4 members (excludes halogenated alkanes) is 23. The fourth-order valence-electron chi connectivity index (χ4n) is 5.92. The SMILES string of the molecule is CCCCCCCCCCCCCC(=O)OC[C@H](COC(=O)CCCCCCCCCCC)OC(=O)CCCCCCCCC(C)C. The average molecular weight is 667 g/mol. The minimum Gasteiger partial charge on any atom is -0.462 e. The summed E-state index contributed by atoms with van der Waals surface area (Å²) < 4.78 is 16.6. The Kier molecular flexibility index (Phi) is 34.5. The zero-order valence-electron chi connectivity index (χ0n) is 31.7. The van der Waals surface area contributed by atoms with Crippen molar-refractivity contribution in [2.75, 3.05) is 13.2 Å². The number of ether oxygens (including phenoxy) is 3. The van der Waals surface area contributed by atoms with Crippen LogP contribution in [0.5, 0.6) is 0 Å². The Morgan fingerprint density at radius 2 is 0.702 bits per heavy atom. The van der Waals surface area contributed by atoms with Gasteiger partial charge in [-0.1, -0.05) is 182 Å². The van der Waals surface area contributed by atoms with Crippen LogP contribution in [-0.2, 0) is 28.6 Å². The van der Waals surface area contributed by atoms with Crippen molar-refractivity contribution in [3.63, 3.8) is 0 Å². The van der Waals surface area contributed by atoms with E-state index in [0.29, 0.717) is 19.3 Å². The van der Waals surface area contributed by atoms with E-state index < -0.39 is 6.10 Å². The third-order valence-corrected chi connectivity index (χ3v) is 9.04. The standard InChI is InChI=1S/C41H78O6/c1-5-7-9-11-13-15-16-18-20-25-29-33-40(43)46-36-38(47-41(44)34-30-26-22-21-23-27-31-37(3)4)35-45-39(42)32-28-24-19-17-14-12-10-8-6-2/h37-38H,5-36H2,1-4H3/t38-/m0/s1. The second-order valence-electron chi connectivity index (χ2n) is 14.4. The van der Waals surface area contributed by atoms with E-state index in [1.54, 1.807) is 0 Å². The summed E-state index contributed by atoms with van der Waals surface area (Å²) in [5, 5.41) is 0. The molecule has 0 amide bonds. The molecule has 278 valence electrons. The Balaban J connectivity index is 4.34. The topological polar surface area (TPSA) is 78.9 Å². The van der Waals surface area contributed by atoms with E-state index in [-0.39, 0.29) is 31.1 Å². The van der Waals surface area contributed by atoms with Crippen molar-refractivity contribution < 1.29 is 28.6 Å². The Hall–Kier alpha value is -1.59. The predicted molar refractivity (Wildman–Crippen MR) is 196 cm³/mol. The van der Waals surface area contributed by atoms with Crippen molar-refractivity contribution in [2.45, 2.75) is 226 Å². The van der Waals surface area contributed by atoms with Crippen LogP contribution < -0.4 is 0 Å². The minimum atomic E-state index is -0.758. The van der Waals surface area contributed by atoms with Crippen LogP contribution in [0.15, 0.2) is 0 Å². The maximum Gasteiger partial charge on any atom is 0.306 e. The molecule has 0 heterocycles. The van der Waals surface area contributed by atoms with Gasteiger partial charge in [0.1, 0.15) is 13.2 Å². The maximum atomic E-state index is 12.6. The van der Waals surface area contributed by atoms with Crippen LogP contribution in [-0.4, -0.2) is 37.2 Å². The van der Waals surface area contributed by atoms with Gasteiger partial charge in [0.25, 0.3) is 0 Å². The van der Waals surface area contributed by atoms with E-state index >= 15 is 0 Å². The summed E-state index contributed by atoms with van der Waals surface area (Å²) in [6, 6.07) is 0. The molecule has 0 bridgehead atoms. The zero-order chi connectivity index (χ0) is 34.6. The van der Waals surface area contributed by atoms with Gasteiger partial charge in [0.05, 0.1) is 0 Å². The number of hydrogen-bond acceptors (Lipinski definition) is 6. The summed E-state index contributed by atoms with van der Waals surface area (Å²) >= 11 is 0. The van der Waals surface area contributed by atoms with Gasteiger partial charge >= 0.3 is 17.9 Å². The van der Waals surface area contributed by atoms with Crippen LogP contribution in [0.25, 0.3) is 0 Å². The highest BCUT2D eigenvalue weighted by Gasteiger charge is 2.19. The summed E-state index contributed by atoms with van der Waals surface area (Å²) in [5.74, 6) is -0.110. The summed E-state index contributed by atoms with van der Waals surface area (Å²) in [4.78, 5) is 37.4. The van der Waals surface area contributed by atoms with Gasteiger partial charge in [0, 0.05) is 19.3 Å². The van der Waals surface area contributed by atoms with Crippen molar-refractivity contribution in [3.8, 4) is 0 Å². The lowest BCUT2D eigenvalue weighted by atomic mass is 10.0. The highest BCUT2D eigenvalue weighted by Crippen LogP contribution is 2.15. The molecule has 6 heteroatoms.